The first-order valence-electron chi connectivity index (χ1n) is 6.23. The monoisotopic (exact) mass is 322 g/mol. The fourth-order valence-electron chi connectivity index (χ4n) is 1.65. The van der Waals surface area contributed by atoms with Crippen LogP contribution in [0.2, 0.25) is 5.02 Å². The zero-order valence-corrected chi connectivity index (χ0v) is 12.0. The predicted octanol–water partition coefficient (Wildman–Crippen LogP) is 3.30. The second kappa shape index (κ2) is 7.42. The molecule has 0 atom stereocenters. The van der Waals surface area contributed by atoms with Gasteiger partial charge in [-0.2, -0.15) is 0 Å². The van der Waals surface area contributed by atoms with E-state index in [1.54, 1.807) is 12.1 Å². The molecular weight excluding hydrogens is 311 g/mol. The summed E-state index contributed by atoms with van der Waals surface area (Å²) in [5.41, 5.74) is 1.06. The van der Waals surface area contributed by atoms with Crippen LogP contribution in [0, 0.1) is 5.82 Å². The zero-order valence-electron chi connectivity index (χ0n) is 11.3. The first kappa shape index (κ1) is 15.8. The number of hydrogen-bond acceptors (Lipinski definition) is 4. The molecule has 0 unspecified atom stereocenters. The average Bonchev–Trinajstić information content (AvgIpc) is 2.49. The van der Waals surface area contributed by atoms with Gasteiger partial charge >= 0.3 is 0 Å². The average molecular weight is 323 g/mol. The van der Waals surface area contributed by atoms with Crippen molar-refractivity contribution >= 4 is 29.4 Å². The summed E-state index contributed by atoms with van der Waals surface area (Å²) >= 11 is 5.98. The first-order valence-corrected chi connectivity index (χ1v) is 6.61. The lowest BCUT2D eigenvalue weighted by molar-refractivity contribution is -0.118. The number of carbonyl (C=O) groups is 1. The van der Waals surface area contributed by atoms with Crippen LogP contribution in [0.4, 0.5) is 10.1 Å². The SMILES string of the molecule is O=C(COc1ccc(C=NO)cc1Cl)Nc1ccc(F)cc1. The van der Waals surface area contributed by atoms with E-state index < -0.39 is 5.91 Å². The Balaban J connectivity index is 1.92. The summed E-state index contributed by atoms with van der Waals surface area (Å²) in [6.45, 7) is -0.246. The maximum atomic E-state index is 12.7. The van der Waals surface area contributed by atoms with Gasteiger partial charge < -0.3 is 15.3 Å². The Kier molecular flexibility index (Phi) is 5.32. The van der Waals surface area contributed by atoms with Crippen LogP contribution < -0.4 is 10.1 Å². The van der Waals surface area contributed by atoms with Gasteiger partial charge in [-0.05, 0) is 48.0 Å². The maximum Gasteiger partial charge on any atom is 0.262 e. The lowest BCUT2D eigenvalue weighted by Crippen LogP contribution is -2.20. The third kappa shape index (κ3) is 4.46. The molecule has 114 valence electrons. The second-order valence-corrected chi connectivity index (χ2v) is 4.69. The van der Waals surface area contributed by atoms with Crippen LogP contribution in [0.5, 0.6) is 5.75 Å². The molecule has 5 nitrogen and oxygen atoms in total. The number of halogens is 2. The van der Waals surface area contributed by atoms with Gasteiger partial charge in [0.15, 0.2) is 6.61 Å². The van der Waals surface area contributed by atoms with Crippen LogP contribution in [-0.2, 0) is 4.79 Å². The Bertz CT molecular complexity index is 690. The molecule has 0 fully saturated rings. The number of carbonyl (C=O) groups excluding carboxylic acids is 1. The third-order valence-electron chi connectivity index (χ3n) is 2.65. The van der Waals surface area contributed by atoms with Gasteiger partial charge in [0.05, 0.1) is 11.2 Å². The minimum atomic E-state index is -0.399. The summed E-state index contributed by atoms with van der Waals surface area (Å²) < 4.78 is 18.1. The summed E-state index contributed by atoms with van der Waals surface area (Å²) in [4.78, 5) is 11.7. The molecule has 0 aliphatic rings. The van der Waals surface area contributed by atoms with Gasteiger partial charge in [-0.1, -0.05) is 16.8 Å². The fraction of sp³-hybridized carbons (Fsp3) is 0.0667. The van der Waals surface area contributed by atoms with Gasteiger partial charge in [0.1, 0.15) is 11.6 Å². The molecule has 0 saturated carbocycles. The molecule has 0 aromatic heterocycles. The van der Waals surface area contributed by atoms with Gasteiger partial charge in [-0.25, -0.2) is 4.39 Å². The van der Waals surface area contributed by atoms with Crippen LogP contribution in [-0.4, -0.2) is 23.9 Å². The highest BCUT2D eigenvalue weighted by Crippen LogP contribution is 2.25. The fourth-order valence-corrected chi connectivity index (χ4v) is 1.90. The molecule has 0 radical (unpaired) electrons. The largest absolute Gasteiger partial charge is 0.482 e. The number of benzene rings is 2. The maximum absolute atomic E-state index is 12.7. The summed E-state index contributed by atoms with van der Waals surface area (Å²) in [5, 5.41) is 14.2. The quantitative estimate of drug-likeness (QED) is 0.504. The Labute approximate surface area is 131 Å². The lowest BCUT2D eigenvalue weighted by atomic mass is 10.2. The molecule has 0 spiro atoms. The van der Waals surface area contributed by atoms with E-state index in [0.29, 0.717) is 17.0 Å². The van der Waals surface area contributed by atoms with Gasteiger partial charge in [0.2, 0.25) is 0 Å². The molecule has 2 rings (SSSR count). The Morgan fingerprint density at radius 3 is 2.68 bits per heavy atom. The molecule has 0 saturated heterocycles. The number of ether oxygens (including phenoxy) is 1. The lowest BCUT2D eigenvalue weighted by Gasteiger charge is -2.09. The smallest absolute Gasteiger partial charge is 0.262 e. The minimum Gasteiger partial charge on any atom is -0.482 e. The van der Waals surface area contributed by atoms with E-state index in [1.807, 2.05) is 0 Å². The molecule has 2 N–H and O–H groups in total. The molecule has 0 heterocycles. The van der Waals surface area contributed by atoms with Crippen molar-refractivity contribution in [2.75, 3.05) is 11.9 Å². The number of nitrogens with zero attached hydrogens (tertiary/aromatic N) is 1. The van der Waals surface area contributed by atoms with Crippen molar-refractivity contribution in [1.29, 1.82) is 0 Å². The Morgan fingerprint density at radius 2 is 2.05 bits per heavy atom. The molecular formula is C15H12ClFN2O3. The Morgan fingerprint density at radius 1 is 1.32 bits per heavy atom. The van der Waals surface area contributed by atoms with Crippen LogP contribution in [0.15, 0.2) is 47.6 Å². The van der Waals surface area contributed by atoms with Crippen molar-refractivity contribution in [3.8, 4) is 5.75 Å². The molecule has 7 heteroatoms. The molecule has 1 amide bonds. The van der Waals surface area contributed by atoms with Gasteiger partial charge in [-0.3, -0.25) is 4.79 Å². The van der Waals surface area contributed by atoms with Gasteiger partial charge in [0, 0.05) is 5.69 Å². The third-order valence-corrected chi connectivity index (χ3v) is 2.94. The number of anilines is 1. The molecule has 0 bridgehead atoms. The number of hydrogen-bond donors (Lipinski definition) is 2. The van der Waals surface area contributed by atoms with Gasteiger partial charge in [0.25, 0.3) is 5.91 Å². The topological polar surface area (TPSA) is 70.9 Å². The van der Waals surface area contributed by atoms with E-state index in [4.69, 9.17) is 21.5 Å². The molecule has 0 aliphatic heterocycles. The van der Waals surface area contributed by atoms with Crippen molar-refractivity contribution in [2.45, 2.75) is 0 Å². The van der Waals surface area contributed by atoms with Crippen molar-refractivity contribution in [2.24, 2.45) is 5.16 Å². The van der Waals surface area contributed by atoms with E-state index >= 15 is 0 Å². The normalized spacial score (nSPS) is 10.6. The molecule has 2 aromatic rings. The first-order chi connectivity index (χ1) is 10.6. The summed E-state index contributed by atoms with van der Waals surface area (Å²) in [6, 6.07) is 10.1. The zero-order chi connectivity index (χ0) is 15.9. The van der Waals surface area contributed by atoms with Crippen molar-refractivity contribution < 1.29 is 19.1 Å². The molecule has 2 aromatic carbocycles. The van der Waals surface area contributed by atoms with E-state index in [9.17, 15) is 9.18 Å². The van der Waals surface area contributed by atoms with Crippen LogP contribution in [0.3, 0.4) is 0 Å². The molecule has 0 aliphatic carbocycles. The summed E-state index contributed by atoms with van der Waals surface area (Å²) in [6.07, 6.45) is 1.22. The number of oxime groups is 1. The van der Waals surface area contributed by atoms with E-state index in [1.165, 1.54) is 36.5 Å². The van der Waals surface area contributed by atoms with Crippen molar-refractivity contribution in [3.63, 3.8) is 0 Å². The standard InChI is InChI=1S/C15H12ClFN2O3/c16-13-7-10(8-18-21)1-6-14(13)22-9-15(20)19-12-4-2-11(17)3-5-12/h1-8,21H,9H2,(H,19,20). The Hall–Kier alpha value is -2.60. The van der Waals surface area contributed by atoms with E-state index in [0.717, 1.165) is 0 Å². The van der Waals surface area contributed by atoms with Crippen molar-refractivity contribution in [1.82, 2.24) is 0 Å². The van der Waals surface area contributed by atoms with Crippen LogP contribution in [0.25, 0.3) is 0 Å². The van der Waals surface area contributed by atoms with E-state index in [2.05, 4.69) is 10.5 Å². The number of nitrogens with one attached hydrogen (secondary N) is 1. The highest BCUT2D eigenvalue weighted by Gasteiger charge is 2.07. The van der Waals surface area contributed by atoms with Crippen molar-refractivity contribution in [3.05, 3.63) is 58.9 Å². The summed E-state index contributed by atoms with van der Waals surface area (Å²) in [7, 11) is 0. The van der Waals surface area contributed by atoms with Gasteiger partial charge in [-0.15, -0.1) is 0 Å². The van der Waals surface area contributed by atoms with E-state index in [-0.39, 0.29) is 17.4 Å². The molecule has 22 heavy (non-hydrogen) atoms. The number of rotatable bonds is 5. The predicted molar refractivity (Wildman–Crippen MR) is 81.4 cm³/mol. The van der Waals surface area contributed by atoms with Crippen LogP contribution >= 0.6 is 11.6 Å². The summed E-state index contributed by atoms with van der Waals surface area (Å²) in [5.74, 6) is -0.456. The highest BCUT2D eigenvalue weighted by molar-refractivity contribution is 6.32. The second-order valence-electron chi connectivity index (χ2n) is 4.28. The highest BCUT2D eigenvalue weighted by atomic mass is 35.5. The number of amides is 1. The van der Waals surface area contributed by atoms with Crippen LogP contribution in [0.1, 0.15) is 5.56 Å². The minimum absolute atomic E-state index is 0.246.